The van der Waals surface area contributed by atoms with Gasteiger partial charge < -0.3 is 5.32 Å². The molecule has 106 valence electrons. The molecule has 0 bridgehead atoms. The molecule has 0 aliphatic carbocycles. The summed E-state index contributed by atoms with van der Waals surface area (Å²) < 4.78 is 40.5. The zero-order valence-electron chi connectivity index (χ0n) is 11.4. The summed E-state index contributed by atoms with van der Waals surface area (Å²) in [5.74, 6) is -0.695. The number of hydrogen-bond donors (Lipinski definition) is 1. The Morgan fingerprint density at radius 2 is 2.05 bits per heavy atom. The molecule has 6 heteroatoms. The molecule has 0 aromatic heterocycles. The zero-order valence-corrected chi connectivity index (χ0v) is 12.2. The fourth-order valence-electron chi connectivity index (χ4n) is 2.34. The van der Waals surface area contributed by atoms with Crippen LogP contribution in [0.3, 0.4) is 0 Å². The summed E-state index contributed by atoms with van der Waals surface area (Å²) in [7, 11) is -3.80. The van der Waals surface area contributed by atoms with Crippen molar-refractivity contribution in [3.63, 3.8) is 0 Å². The molecule has 4 nitrogen and oxygen atoms in total. The SMILES string of the molecule is Cc1ccc(F)c(S(=O)(=O)N2CCNCC2(C)C)c1. The van der Waals surface area contributed by atoms with Crippen molar-refractivity contribution in [3.05, 3.63) is 29.6 Å². The number of hydrogen-bond acceptors (Lipinski definition) is 3. The molecule has 0 atom stereocenters. The van der Waals surface area contributed by atoms with Crippen LogP contribution in [0.15, 0.2) is 23.1 Å². The highest BCUT2D eigenvalue weighted by molar-refractivity contribution is 7.89. The fraction of sp³-hybridized carbons (Fsp3) is 0.538. The lowest BCUT2D eigenvalue weighted by Gasteiger charge is -2.41. The molecule has 2 rings (SSSR count). The van der Waals surface area contributed by atoms with Gasteiger partial charge in [-0.05, 0) is 38.5 Å². The number of piperazine rings is 1. The van der Waals surface area contributed by atoms with Gasteiger partial charge >= 0.3 is 0 Å². The van der Waals surface area contributed by atoms with Crippen LogP contribution < -0.4 is 5.32 Å². The van der Waals surface area contributed by atoms with Crippen LogP contribution in [0.2, 0.25) is 0 Å². The molecule has 1 heterocycles. The van der Waals surface area contributed by atoms with Crippen molar-refractivity contribution in [3.8, 4) is 0 Å². The molecule has 0 saturated carbocycles. The van der Waals surface area contributed by atoms with E-state index in [1.807, 2.05) is 13.8 Å². The second-order valence-corrected chi connectivity index (χ2v) is 7.33. The van der Waals surface area contributed by atoms with Gasteiger partial charge in [0.1, 0.15) is 10.7 Å². The van der Waals surface area contributed by atoms with E-state index in [4.69, 9.17) is 0 Å². The van der Waals surface area contributed by atoms with Crippen molar-refractivity contribution in [2.75, 3.05) is 19.6 Å². The number of halogens is 1. The molecule has 0 amide bonds. The molecule has 1 aromatic carbocycles. The van der Waals surface area contributed by atoms with Gasteiger partial charge in [0, 0.05) is 25.2 Å². The number of sulfonamides is 1. The van der Waals surface area contributed by atoms with Crippen molar-refractivity contribution in [2.24, 2.45) is 0 Å². The summed E-state index contributed by atoms with van der Waals surface area (Å²) in [6.07, 6.45) is 0. The maximum absolute atomic E-state index is 13.9. The highest BCUT2D eigenvalue weighted by Crippen LogP contribution is 2.27. The predicted molar refractivity (Wildman–Crippen MR) is 72.0 cm³/mol. The van der Waals surface area contributed by atoms with Crippen LogP contribution in [0.5, 0.6) is 0 Å². The summed E-state index contributed by atoms with van der Waals surface area (Å²) in [6, 6.07) is 4.16. The number of nitrogens with one attached hydrogen (secondary N) is 1. The molecule has 1 fully saturated rings. The Morgan fingerprint density at radius 3 is 2.68 bits per heavy atom. The number of rotatable bonds is 2. The van der Waals surface area contributed by atoms with Crippen molar-refractivity contribution in [1.29, 1.82) is 0 Å². The predicted octanol–water partition coefficient (Wildman–Crippen LogP) is 1.51. The van der Waals surface area contributed by atoms with E-state index in [1.54, 1.807) is 13.0 Å². The molecular formula is C13H19FN2O2S. The van der Waals surface area contributed by atoms with Crippen LogP contribution in [0.1, 0.15) is 19.4 Å². The first-order chi connectivity index (χ1) is 8.75. The minimum atomic E-state index is -3.80. The first-order valence-electron chi connectivity index (χ1n) is 6.25. The van der Waals surface area contributed by atoms with Gasteiger partial charge in [0.05, 0.1) is 0 Å². The number of benzene rings is 1. The lowest BCUT2D eigenvalue weighted by atomic mass is 10.0. The lowest BCUT2D eigenvalue weighted by molar-refractivity contribution is 0.185. The van der Waals surface area contributed by atoms with Crippen LogP contribution in [-0.2, 0) is 10.0 Å². The molecule has 1 aliphatic rings. The first-order valence-corrected chi connectivity index (χ1v) is 7.69. The Hall–Kier alpha value is -0.980. The summed E-state index contributed by atoms with van der Waals surface area (Å²) in [5, 5.41) is 3.15. The maximum atomic E-state index is 13.9. The average Bonchev–Trinajstić information content (AvgIpc) is 2.31. The monoisotopic (exact) mass is 286 g/mol. The minimum absolute atomic E-state index is 0.234. The molecule has 19 heavy (non-hydrogen) atoms. The summed E-state index contributed by atoms with van der Waals surface area (Å²) in [6.45, 7) is 6.91. The van der Waals surface area contributed by atoms with Crippen molar-refractivity contribution >= 4 is 10.0 Å². The highest BCUT2D eigenvalue weighted by Gasteiger charge is 2.40. The first kappa shape index (κ1) is 14.4. The fourth-order valence-corrected chi connectivity index (χ4v) is 4.27. The van der Waals surface area contributed by atoms with E-state index in [-0.39, 0.29) is 4.90 Å². The van der Waals surface area contributed by atoms with Gasteiger partial charge in [0.2, 0.25) is 10.0 Å². The van der Waals surface area contributed by atoms with Gasteiger partial charge in [0.25, 0.3) is 0 Å². The number of aryl methyl sites for hydroxylation is 1. The standard InChI is InChI=1S/C13H19FN2O2S/c1-10-4-5-11(14)12(8-10)19(17,18)16-7-6-15-9-13(16,2)3/h4-5,8,15H,6-7,9H2,1-3H3. The molecule has 1 saturated heterocycles. The largest absolute Gasteiger partial charge is 0.314 e. The Balaban J connectivity index is 2.50. The van der Waals surface area contributed by atoms with Crippen molar-refractivity contribution in [2.45, 2.75) is 31.2 Å². The van der Waals surface area contributed by atoms with Crippen molar-refractivity contribution < 1.29 is 12.8 Å². The second-order valence-electron chi connectivity index (χ2n) is 5.50. The number of nitrogens with zero attached hydrogens (tertiary/aromatic N) is 1. The smallest absolute Gasteiger partial charge is 0.246 e. The van der Waals surface area contributed by atoms with Crippen molar-refractivity contribution in [1.82, 2.24) is 9.62 Å². The van der Waals surface area contributed by atoms with E-state index in [0.717, 1.165) is 5.56 Å². The van der Waals surface area contributed by atoms with E-state index in [1.165, 1.54) is 16.4 Å². The third-order valence-electron chi connectivity index (χ3n) is 3.38. The maximum Gasteiger partial charge on any atom is 0.246 e. The van der Waals surface area contributed by atoms with Crippen LogP contribution in [0, 0.1) is 12.7 Å². The molecule has 1 aliphatic heterocycles. The molecule has 0 radical (unpaired) electrons. The topological polar surface area (TPSA) is 49.4 Å². The molecule has 1 N–H and O–H groups in total. The van der Waals surface area contributed by atoms with Crippen LogP contribution in [0.25, 0.3) is 0 Å². The normalized spacial score (nSPS) is 20.4. The Morgan fingerprint density at radius 1 is 1.37 bits per heavy atom. The summed E-state index contributed by atoms with van der Waals surface area (Å²) >= 11 is 0. The summed E-state index contributed by atoms with van der Waals surface area (Å²) in [5.41, 5.74) is 0.167. The second kappa shape index (κ2) is 4.85. The van der Waals surface area contributed by atoms with E-state index < -0.39 is 21.4 Å². The Kier molecular flexibility index (Phi) is 3.68. The van der Waals surface area contributed by atoms with Crippen LogP contribution in [-0.4, -0.2) is 37.9 Å². The Bertz CT molecular complexity index is 584. The van der Waals surface area contributed by atoms with Gasteiger partial charge in [-0.1, -0.05) is 6.07 Å². The zero-order chi connectivity index (χ0) is 14.3. The Labute approximate surface area is 113 Å². The van der Waals surface area contributed by atoms with Crippen LogP contribution in [0.4, 0.5) is 4.39 Å². The van der Waals surface area contributed by atoms with E-state index in [0.29, 0.717) is 19.6 Å². The molecule has 0 unspecified atom stereocenters. The minimum Gasteiger partial charge on any atom is -0.314 e. The van der Waals surface area contributed by atoms with E-state index in [9.17, 15) is 12.8 Å². The third kappa shape index (κ3) is 2.66. The van der Waals surface area contributed by atoms with Gasteiger partial charge in [-0.15, -0.1) is 0 Å². The van der Waals surface area contributed by atoms with Gasteiger partial charge in [-0.2, -0.15) is 4.31 Å². The molecular weight excluding hydrogens is 267 g/mol. The van der Waals surface area contributed by atoms with Gasteiger partial charge in [-0.3, -0.25) is 0 Å². The molecule has 1 aromatic rings. The summed E-state index contributed by atoms with van der Waals surface area (Å²) in [4.78, 5) is -0.234. The quantitative estimate of drug-likeness (QED) is 0.896. The van der Waals surface area contributed by atoms with Gasteiger partial charge in [-0.25, -0.2) is 12.8 Å². The van der Waals surface area contributed by atoms with E-state index >= 15 is 0 Å². The third-order valence-corrected chi connectivity index (χ3v) is 5.50. The van der Waals surface area contributed by atoms with Gasteiger partial charge in [0.15, 0.2) is 0 Å². The van der Waals surface area contributed by atoms with E-state index in [2.05, 4.69) is 5.32 Å². The highest BCUT2D eigenvalue weighted by atomic mass is 32.2. The van der Waals surface area contributed by atoms with Crippen LogP contribution >= 0.6 is 0 Å². The lowest BCUT2D eigenvalue weighted by Crippen LogP contribution is -2.59. The average molecular weight is 286 g/mol. The molecule has 0 spiro atoms.